The zero-order chi connectivity index (χ0) is 13.3. The third-order valence-electron chi connectivity index (χ3n) is 4.30. The third-order valence-corrected chi connectivity index (χ3v) is 4.30. The minimum Gasteiger partial charge on any atom is -0.313 e. The Morgan fingerprint density at radius 1 is 1.39 bits per heavy atom. The fourth-order valence-corrected chi connectivity index (χ4v) is 3.01. The van der Waals surface area contributed by atoms with Gasteiger partial charge in [-0.1, -0.05) is 26.7 Å². The second kappa shape index (κ2) is 4.71. The van der Waals surface area contributed by atoms with E-state index >= 15 is 0 Å². The average molecular weight is 246 g/mol. The molecule has 1 atom stereocenters. The van der Waals surface area contributed by atoms with Gasteiger partial charge in [0.15, 0.2) is 0 Å². The number of likely N-dealkylation sites (N-methyl/N-ethyl adjacent to an activating group) is 1. The van der Waals surface area contributed by atoms with E-state index in [0.29, 0.717) is 5.92 Å². The summed E-state index contributed by atoms with van der Waals surface area (Å²) in [4.78, 5) is 18.8. The first kappa shape index (κ1) is 13.1. The molecule has 1 aromatic heterocycles. The average Bonchev–Trinajstić information content (AvgIpc) is 2.59. The number of hydrogen-bond donors (Lipinski definition) is 0. The van der Waals surface area contributed by atoms with Gasteiger partial charge in [0, 0.05) is 13.2 Å². The smallest absolute Gasteiger partial charge is 0.238 e. The Morgan fingerprint density at radius 3 is 2.67 bits per heavy atom. The molecule has 1 unspecified atom stereocenters. The van der Waals surface area contributed by atoms with Crippen LogP contribution in [-0.2, 0) is 10.2 Å². The lowest BCUT2D eigenvalue weighted by Crippen LogP contribution is -2.38. The largest absolute Gasteiger partial charge is 0.313 e. The van der Waals surface area contributed by atoms with Crippen molar-refractivity contribution in [1.29, 1.82) is 0 Å². The first-order valence-electron chi connectivity index (χ1n) is 6.78. The highest BCUT2D eigenvalue weighted by Crippen LogP contribution is 2.43. The molecule has 0 bridgehead atoms. The molecule has 18 heavy (non-hydrogen) atoms. The molecule has 0 spiro atoms. The van der Waals surface area contributed by atoms with Crippen LogP contribution in [0.25, 0.3) is 0 Å². The molecule has 1 aliphatic rings. The van der Waals surface area contributed by atoms with E-state index in [1.54, 1.807) is 11.1 Å². The molecule has 98 valence electrons. The van der Waals surface area contributed by atoms with Crippen LogP contribution < -0.4 is 4.90 Å². The van der Waals surface area contributed by atoms with Crippen LogP contribution in [0.1, 0.15) is 45.7 Å². The fraction of sp³-hybridized carbons (Fsp3) is 0.600. The van der Waals surface area contributed by atoms with Gasteiger partial charge in [-0.15, -0.1) is 0 Å². The Labute approximate surface area is 109 Å². The summed E-state index contributed by atoms with van der Waals surface area (Å²) in [5, 5.41) is 0. The topological polar surface area (TPSA) is 33.2 Å². The predicted octanol–water partition coefficient (Wildman–Crippen LogP) is 3.14. The number of pyridine rings is 1. The number of nitrogens with zero attached hydrogens (tertiary/aromatic N) is 2. The van der Waals surface area contributed by atoms with Crippen LogP contribution in [0.3, 0.4) is 0 Å². The van der Waals surface area contributed by atoms with Gasteiger partial charge < -0.3 is 4.90 Å². The summed E-state index contributed by atoms with van der Waals surface area (Å²) < 4.78 is 0. The first-order valence-corrected chi connectivity index (χ1v) is 6.78. The zero-order valence-corrected chi connectivity index (χ0v) is 11.7. The second-order valence-corrected chi connectivity index (χ2v) is 5.45. The maximum Gasteiger partial charge on any atom is 0.238 e. The summed E-state index contributed by atoms with van der Waals surface area (Å²) >= 11 is 0. The van der Waals surface area contributed by atoms with Crippen molar-refractivity contribution in [3.05, 3.63) is 24.0 Å². The van der Waals surface area contributed by atoms with Crippen LogP contribution in [-0.4, -0.2) is 17.9 Å². The van der Waals surface area contributed by atoms with Gasteiger partial charge >= 0.3 is 0 Å². The summed E-state index contributed by atoms with van der Waals surface area (Å²) in [6.07, 6.45) is 4.92. The number of fused-ring (bicyclic) bond motifs is 1. The molecule has 1 amide bonds. The van der Waals surface area contributed by atoms with Crippen molar-refractivity contribution in [1.82, 2.24) is 4.98 Å². The summed E-state index contributed by atoms with van der Waals surface area (Å²) in [6.45, 7) is 6.43. The van der Waals surface area contributed by atoms with Crippen LogP contribution in [0.4, 0.5) is 5.69 Å². The molecule has 0 aliphatic carbocycles. The summed E-state index contributed by atoms with van der Waals surface area (Å²) in [7, 11) is 1.85. The number of anilines is 1. The van der Waals surface area contributed by atoms with Gasteiger partial charge in [0.1, 0.15) is 0 Å². The quantitative estimate of drug-likeness (QED) is 0.817. The fourth-order valence-electron chi connectivity index (χ4n) is 3.01. The molecule has 3 nitrogen and oxygen atoms in total. The second-order valence-electron chi connectivity index (χ2n) is 5.45. The summed E-state index contributed by atoms with van der Waals surface area (Å²) in [6, 6.07) is 3.88. The van der Waals surface area contributed by atoms with Crippen LogP contribution in [0.5, 0.6) is 0 Å². The summed E-state index contributed by atoms with van der Waals surface area (Å²) in [5.74, 6) is 0.767. The van der Waals surface area contributed by atoms with Crippen molar-refractivity contribution in [3.8, 4) is 0 Å². The maximum atomic E-state index is 12.5. The Balaban J connectivity index is 2.41. The molecular weight excluding hydrogens is 224 g/mol. The molecule has 0 radical (unpaired) electrons. The van der Waals surface area contributed by atoms with Gasteiger partial charge in [0.25, 0.3) is 0 Å². The van der Waals surface area contributed by atoms with Crippen LogP contribution in [0.2, 0.25) is 0 Å². The minimum absolute atomic E-state index is 0.183. The lowest BCUT2D eigenvalue weighted by atomic mass is 9.77. The highest BCUT2D eigenvalue weighted by Gasteiger charge is 2.47. The van der Waals surface area contributed by atoms with Crippen molar-refractivity contribution >= 4 is 11.6 Å². The standard InChI is InChI=1S/C15H22N2O/c1-5-11(6-2)10-15(3)13-12(8-7-9-16-13)17(4)14(15)18/h7-9,11H,5-6,10H2,1-4H3. The Hall–Kier alpha value is -1.38. The van der Waals surface area contributed by atoms with Crippen molar-refractivity contribution in [2.45, 2.75) is 45.4 Å². The van der Waals surface area contributed by atoms with E-state index in [9.17, 15) is 4.79 Å². The van der Waals surface area contributed by atoms with E-state index in [4.69, 9.17) is 0 Å². The van der Waals surface area contributed by atoms with Crippen LogP contribution in [0, 0.1) is 5.92 Å². The first-order chi connectivity index (χ1) is 8.54. The van der Waals surface area contributed by atoms with E-state index in [1.807, 2.05) is 26.1 Å². The predicted molar refractivity (Wildman–Crippen MR) is 73.7 cm³/mol. The highest BCUT2D eigenvalue weighted by atomic mass is 16.2. The molecule has 3 heteroatoms. The van der Waals surface area contributed by atoms with Crippen molar-refractivity contribution in [3.63, 3.8) is 0 Å². The molecule has 0 N–H and O–H groups in total. The lowest BCUT2D eigenvalue weighted by molar-refractivity contribution is -0.123. The van der Waals surface area contributed by atoms with Gasteiger partial charge in [-0.05, 0) is 31.4 Å². The molecule has 1 aromatic rings. The number of carbonyl (C=O) groups is 1. The van der Waals surface area contributed by atoms with E-state index in [-0.39, 0.29) is 5.91 Å². The van der Waals surface area contributed by atoms with E-state index in [1.165, 1.54) is 0 Å². The third kappa shape index (κ3) is 1.82. The molecule has 2 heterocycles. The number of amides is 1. The van der Waals surface area contributed by atoms with Crippen molar-refractivity contribution < 1.29 is 4.79 Å². The molecule has 0 fully saturated rings. The number of carbonyl (C=O) groups excluding carboxylic acids is 1. The Bertz CT molecular complexity index is 454. The van der Waals surface area contributed by atoms with E-state index < -0.39 is 5.41 Å². The van der Waals surface area contributed by atoms with E-state index in [2.05, 4.69) is 18.8 Å². The van der Waals surface area contributed by atoms with Crippen molar-refractivity contribution in [2.75, 3.05) is 11.9 Å². The zero-order valence-electron chi connectivity index (χ0n) is 11.7. The lowest BCUT2D eigenvalue weighted by Gasteiger charge is -2.26. The van der Waals surface area contributed by atoms with E-state index in [0.717, 1.165) is 30.6 Å². The van der Waals surface area contributed by atoms with Gasteiger partial charge in [-0.3, -0.25) is 9.78 Å². The molecule has 0 aromatic carbocycles. The van der Waals surface area contributed by atoms with Gasteiger partial charge in [0.05, 0.1) is 16.8 Å². The number of rotatable bonds is 4. The van der Waals surface area contributed by atoms with Crippen LogP contribution >= 0.6 is 0 Å². The Kier molecular flexibility index (Phi) is 3.42. The molecule has 1 aliphatic heterocycles. The van der Waals surface area contributed by atoms with Crippen LogP contribution in [0.15, 0.2) is 18.3 Å². The highest BCUT2D eigenvalue weighted by molar-refractivity contribution is 6.06. The molecule has 0 saturated heterocycles. The Morgan fingerprint density at radius 2 is 2.06 bits per heavy atom. The SMILES string of the molecule is CCC(CC)CC1(C)C(=O)N(C)c2cccnc21. The monoisotopic (exact) mass is 246 g/mol. The number of hydrogen-bond acceptors (Lipinski definition) is 2. The van der Waals surface area contributed by atoms with Crippen molar-refractivity contribution in [2.24, 2.45) is 5.92 Å². The summed E-state index contributed by atoms with van der Waals surface area (Å²) in [5.41, 5.74) is 1.47. The molecular formula is C15H22N2O. The normalized spacial score (nSPS) is 22.7. The molecule has 2 rings (SSSR count). The minimum atomic E-state index is -0.442. The maximum absolute atomic E-state index is 12.5. The van der Waals surface area contributed by atoms with Gasteiger partial charge in [0.2, 0.25) is 5.91 Å². The number of aromatic nitrogens is 1. The van der Waals surface area contributed by atoms with Gasteiger partial charge in [-0.25, -0.2) is 0 Å². The molecule has 0 saturated carbocycles. The van der Waals surface area contributed by atoms with Gasteiger partial charge in [-0.2, -0.15) is 0 Å².